The molecule has 1 heterocycles. The molecule has 0 aliphatic rings. The highest BCUT2D eigenvalue weighted by molar-refractivity contribution is 5.95. The number of aromatic hydroxyl groups is 2. The van der Waals surface area contributed by atoms with Crippen LogP contribution >= 0.6 is 0 Å². The topological polar surface area (TPSA) is 121 Å². The van der Waals surface area contributed by atoms with Crippen molar-refractivity contribution in [3.05, 3.63) is 59.8 Å². The number of hydrogen-bond acceptors (Lipinski definition) is 6. The molecule has 3 rings (SSSR count). The maximum atomic E-state index is 12.4. The van der Waals surface area contributed by atoms with Gasteiger partial charge in [-0.25, -0.2) is 4.79 Å². The van der Waals surface area contributed by atoms with E-state index in [1.807, 2.05) is 0 Å². The van der Waals surface area contributed by atoms with Gasteiger partial charge >= 0.3 is 5.97 Å². The van der Waals surface area contributed by atoms with Crippen LogP contribution in [0, 0.1) is 0 Å². The molecule has 30 heavy (non-hydrogen) atoms. The summed E-state index contributed by atoms with van der Waals surface area (Å²) in [5.41, 5.74) is 2.20. The normalized spacial score (nSPS) is 12.1. The van der Waals surface area contributed by atoms with Crippen molar-refractivity contribution < 1.29 is 29.3 Å². The fourth-order valence-electron chi connectivity index (χ4n) is 3.08. The zero-order chi connectivity index (χ0) is 21.7. The quantitative estimate of drug-likeness (QED) is 0.351. The number of fused-ring (bicyclic) bond motifs is 1. The summed E-state index contributed by atoms with van der Waals surface area (Å²) in [4.78, 5) is 27.7. The minimum absolute atomic E-state index is 0.00498. The Morgan fingerprint density at radius 2 is 1.97 bits per heavy atom. The summed E-state index contributed by atoms with van der Waals surface area (Å²) >= 11 is 0. The highest BCUT2D eigenvalue weighted by Gasteiger charge is 2.22. The number of carbonyl (C=O) groups is 2. The summed E-state index contributed by atoms with van der Waals surface area (Å²) in [5.74, 6) is -0.686. The minimum Gasteiger partial charge on any atom is -0.508 e. The third-order valence-corrected chi connectivity index (χ3v) is 4.61. The van der Waals surface area contributed by atoms with E-state index in [0.717, 1.165) is 16.5 Å². The summed E-state index contributed by atoms with van der Waals surface area (Å²) < 4.78 is 9.86. The molecule has 8 heteroatoms. The molecular weight excluding hydrogens is 388 g/mol. The highest BCUT2D eigenvalue weighted by atomic mass is 16.5. The summed E-state index contributed by atoms with van der Waals surface area (Å²) in [6, 6.07) is 8.63. The van der Waals surface area contributed by atoms with Gasteiger partial charge in [0.25, 0.3) is 0 Å². The van der Waals surface area contributed by atoms with Crippen LogP contribution in [0.1, 0.15) is 11.1 Å². The third kappa shape index (κ3) is 4.72. The maximum absolute atomic E-state index is 12.4. The van der Waals surface area contributed by atoms with Gasteiger partial charge in [-0.3, -0.25) is 4.79 Å². The first-order chi connectivity index (χ1) is 14.4. The predicted molar refractivity (Wildman–Crippen MR) is 111 cm³/mol. The number of esters is 1. The fourth-order valence-corrected chi connectivity index (χ4v) is 3.08. The number of nitrogens with one attached hydrogen (secondary N) is 2. The van der Waals surface area contributed by atoms with Crippen LogP contribution in [-0.2, 0) is 20.7 Å². The van der Waals surface area contributed by atoms with E-state index < -0.39 is 17.9 Å². The highest BCUT2D eigenvalue weighted by Crippen LogP contribution is 2.27. The number of H-pyrrole nitrogens is 1. The molecule has 0 bridgehead atoms. The molecule has 8 nitrogen and oxygen atoms in total. The molecule has 156 valence electrons. The van der Waals surface area contributed by atoms with Crippen molar-refractivity contribution in [2.75, 3.05) is 14.2 Å². The monoisotopic (exact) mass is 410 g/mol. The van der Waals surface area contributed by atoms with Gasteiger partial charge in [-0.15, -0.1) is 0 Å². The van der Waals surface area contributed by atoms with E-state index in [-0.39, 0.29) is 23.7 Å². The fraction of sp³-hybridized carbons (Fsp3) is 0.182. The zero-order valence-electron chi connectivity index (χ0n) is 16.5. The van der Waals surface area contributed by atoms with Gasteiger partial charge in [-0.2, -0.15) is 0 Å². The van der Waals surface area contributed by atoms with Crippen LogP contribution < -0.4 is 10.1 Å². The number of methoxy groups -OCH3 is 2. The lowest BCUT2D eigenvalue weighted by molar-refractivity contribution is -0.144. The molecule has 0 spiro atoms. The number of hydrogen-bond donors (Lipinski definition) is 4. The second kappa shape index (κ2) is 9.04. The van der Waals surface area contributed by atoms with Crippen LogP contribution in [0.5, 0.6) is 17.2 Å². The predicted octanol–water partition coefficient (Wildman–Crippen LogP) is 2.50. The van der Waals surface area contributed by atoms with Crippen molar-refractivity contribution in [2.24, 2.45) is 0 Å². The van der Waals surface area contributed by atoms with E-state index in [2.05, 4.69) is 10.3 Å². The molecule has 2 aromatic carbocycles. The molecule has 0 aliphatic carbocycles. The molecule has 0 aliphatic heterocycles. The zero-order valence-corrected chi connectivity index (χ0v) is 16.5. The molecule has 1 amide bonds. The lowest BCUT2D eigenvalue weighted by atomic mass is 10.0. The van der Waals surface area contributed by atoms with Crippen LogP contribution in [0.4, 0.5) is 0 Å². The van der Waals surface area contributed by atoms with Gasteiger partial charge in [0.2, 0.25) is 5.91 Å². The Bertz CT molecular complexity index is 1100. The lowest BCUT2D eigenvalue weighted by Crippen LogP contribution is -2.42. The van der Waals surface area contributed by atoms with Gasteiger partial charge in [0, 0.05) is 29.6 Å². The van der Waals surface area contributed by atoms with Crippen molar-refractivity contribution in [1.82, 2.24) is 10.3 Å². The average Bonchev–Trinajstić information content (AvgIpc) is 3.13. The second-order valence-corrected chi connectivity index (χ2v) is 6.60. The first kappa shape index (κ1) is 20.8. The summed E-state index contributed by atoms with van der Waals surface area (Å²) in [7, 11) is 2.68. The molecule has 0 saturated heterocycles. The van der Waals surface area contributed by atoms with Gasteiger partial charge in [0.15, 0.2) is 11.5 Å². The van der Waals surface area contributed by atoms with Gasteiger partial charge in [0.1, 0.15) is 11.8 Å². The van der Waals surface area contributed by atoms with E-state index in [1.165, 1.54) is 32.4 Å². The SMILES string of the molecule is COC(=O)[C@H](Cc1c[nH]c2ccc(O)cc12)NC(=O)/C=C/c1ccc(O)c(OC)c1. The number of aromatic amines is 1. The molecule has 0 radical (unpaired) electrons. The van der Waals surface area contributed by atoms with Gasteiger partial charge in [-0.05, 0) is 47.5 Å². The Hall–Kier alpha value is -3.94. The van der Waals surface area contributed by atoms with Crippen molar-refractivity contribution in [3.8, 4) is 17.2 Å². The van der Waals surface area contributed by atoms with Crippen LogP contribution in [0.2, 0.25) is 0 Å². The Balaban J connectivity index is 1.75. The van der Waals surface area contributed by atoms with E-state index in [1.54, 1.807) is 36.5 Å². The number of amides is 1. The molecule has 1 atom stereocenters. The summed E-state index contributed by atoms with van der Waals surface area (Å²) in [6.45, 7) is 0. The second-order valence-electron chi connectivity index (χ2n) is 6.60. The van der Waals surface area contributed by atoms with E-state index in [4.69, 9.17) is 9.47 Å². The Kier molecular flexibility index (Phi) is 6.26. The van der Waals surface area contributed by atoms with Gasteiger partial charge in [0.05, 0.1) is 14.2 Å². The van der Waals surface area contributed by atoms with Crippen LogP contribution in [0.15, 0.2) is 48.7 Å². The molecule has 0 unspecified atom stereocenters. The van der Waals surface area contributed by atoms with Crippen molar-refractivity contribution >= 4 is 28.9 Å². The number of aromatic nitrogens is 1. The van der Waals surface area contributed by atoms with Crippen LogP contribution in [0.25, 0.3) is 17.0 Å². The number of carbonyl (C=O) groups excluding carboxylic acids is 2. The average molecular weight is 410 g/mol. The number of ether oxygens (including phenoxy) is 2. The molecule has 0 saturated carbocycles. The standard InChI is InChI=1S/C22H22N2O6/c1-29-20-9-13(3-7-19(20)26)4-8-21(27)24-18(22(28)30-2)10-14-12-23-17-6-5-15(25)11-16(14)17/h3-9,11-12,18,23,25-26H,10H2,1-2H3,(H,24,27)/b8-4+/t18-/m0/s1. The smallest absolute Gasteiger partial charge is 0.328 e. The first-order valence-electron chi connectivity index (χ1n) is 9.13. The van der Waals surface area contributed by atoms with E-state index in [9.17, 15) is 19.8 Å². The van der Waals surface area contributed by atoms with E-state index >= 15 is 0 Å². The maximum Gasteiger partial charge on any atom is 0.328 e. The Labute approximate surface area is 172 Å². The molecule has 4 N–H and O–H groups in total. The number of rotatable bonds is 7. The van der Waals surface area contributed by atoms with Gasteiger partial charge < -0.3 is 30.0 Å². The minimum atomic E-state index is -0.914. The Morgan fingerprint density at radius 3 is 2.70 bits per heavy atom. The van der Waals surface area contributed by atoms with Crippen LogP contribution in [0.3, 0.4) is 0 Å². The number of phenolic OH excluding ortho intramolecular Hbond substituents is 2. The molecule has 3 aromatic rings. The Morgan fingerprint density at radius 1 is 1.17 bits per heavy atom. The number of phenols is 2. The third-order valence-electron chi connectivity index (χ3n) is 4.61. The lowest BCUT2D eigenvalue weighted by Gasteiger charge is -2.15. The van der Waals surface area contributed by atoms with Crippen LogP contribution in [-0.4, -0.2) is 47.3 Å². The van der Waals surface area contributed by atoms with Gasteiger partial charge in [-0.1, -0.05) is 6.07 Å². The van der Waals surface area contributed by atoms with E-state index in [0.29, 0.717) is 5.56 Å². The molecule has 1 aromatic heterocycles. The summed E-state index contributed by atoms with van der Waals surface area (Å²) in [6.07, 6.45) is 4.73. The largest absolute Gasteiger partial charge is 0.508 e. The van der Waals surface area contributed by atoms with Crippen molar-refractivity contribution in [1.29, 1.82) is 0 Å². The summed E-state index contributed by atoms with van der Waals surface area (Å²) in [5, 5.41) is 22.8. The van der Waals surface area contributed by atoms with Crippen molar-refractivity contribution in [2.45, 2.75) is 12.5 Å². The van der Waals surface area contributed by atoms with Crippen molar-refractivity contribution in [3.63, 3.8) is 0 Å². The number of benzene rings is 2. The first-order valence-corrected chi connectivity index (χ1v) is 9.13. The molecule has 0 fully saturated rings. The molecular formula is C22H22N2O6.